The number of aromatic nitrogens is 2. The summed E-state index contributed by atoms with van der Waals surface area (Å²) in [6, 6.07) is 0. The average molecular weight is 221 g/mol. The molecule has 90 valence electrons. The van der Waals surface area contributed by atoms with Crippen molar-refractivity contribution in [1.29, 1.82) is 0 Å². The Morgan fingerprint density at radius 2 is 2.00 bits per heavy atom. The van der Waals surface area contributed by atoms with Crippen LogP contribution >= 0.6 is 0 Å². The van der Waals surface area contributed by atoms with Crippen molar-refractivity contribution in [3.05, 3.63) is 18.1 Å². The molecule has 1 atom stereocenters. The molecule has 1 rings (SSSR count). The molecule has 1 heterocycles. The highest BCUT2D eigenvalue weighted by atomic mass is 15.0. The summed E-state index contributed by atoms with van der Waals surface area (Å²) in [5.74, 6) is 1.68. The van der Waals surface area contributed by atoms with Crippen LogP contribution in [0.15, 0.2) is 12.4 Å². The van der Waals surface area contributed by atoms with Crippen LogP contribution in [0.4, 0.5) is 5.82 Å². The number of unbranched alkanes of at least 4 members (excludes halogenated alkanes) is 1. The normalized spacial score (nSPS) is 12.4. The quantitative estimate of drug-likeness (QED) is 0.766. The fourth-order valence-corrected chi connectivity index (χ4v) is 1.77. The van der Waals surface area contributed by atoms with Crippen LogP contribution in [0, 0.1) is 12.8 Å². The predicted molar refractivity (Wildman–Crippen MR) is 68.6 cm³/mol. The number of aryl methyl sites for hydroxylation is 1. The van der Waals surface area contributed by atoms with Crippen LogP contribution in [0.25, 0.3) is 0 Å². The van der Waals surface area contributed by atoms with Crippen molar-refractivity contribution in [2.24, 2.45) is 5.92 Å². The minimum Gasteiger partial charge on any atom is -0.368 e. The second kappa shape index (κ2) is 7.20. The van der Waals surface area contributed by atoms with Crippen LogP contribution in [0.2, 0.25) is 0 Å². The van der Waals surface area contributed by atoms with Crippen molar-refractivity contribution >= 4 is 5.82 Å². The van der Waals surface area contributed by atoms with Gasteiger partial charge < -0.3 is 5.32 Å². The Morgan fingerprint density at radius 3 is 2.62 bits per heavy atom. The van der Waals surface area contributed by atoms with Gasteiger partial charge in [-0.3, -0.25) is 4.98 Å². The van der Waals surface area contributed by atoms with E-state index in [0.717, 1.165) is 24.0 Å². The van der Waals surface area contributed by atoms with Gasteiger partial charge in [-0.2, -0.15) is 0 Å². The van der Waals surface area contributed by atoms with E-state index in [4.69, 9.17) is 0 Å². The van der Waals surface area contributed by atoms with E-state index < -0.39 is 0 Å². The van der Waals surface area contributed by atoms with Crippen LogP contribution in [0.5, 0.6) is 0 Å². The summed E-state index contributed by atoms with van der Waals surface area (Å²) < 4.78 is 0. The third-order valence-corrected chi connectivity index (χ3v) is 2.98. The van der Waals surface area contributed by atoms with Gasteiger partial charge >= 0.3 is 0 Å². The zero-order valence-corrected chi connectivity index (χ0v) is 10.7. The molecule has 1 aromatic heterocycles. The van der Waals surface area contributed by atoms with Gasteiger partial charge in [0, 0.05) is 18.9 Å². The number of rotatable bonds is 7. The molecule has 0 aliphatic rings. The Hall–Kier alpha value is -1.12. The highest BCUT2D eigenvalue weighted by Crippen LogP contribution is 2.14. The van der Waals surface area contributed by atoms with E-state index in [1.54, 1.807) is 12.4 Å². The Morgan fingerprint density at radius 1 is 1.25 bits per heavy atom. The lowest BCUT2D eigenvalue weighted by Gasteiger charge is -2.16. The van der Waals surface area contributed by atoms with Crippen molar-refractivity contribution < 1.29 is 0 Å². The summed E-state index contributed by atoms with van der Waals surface area (Å²) in [5.41, 5.74) is 0.979. The number of nitrogens with one attached hydrogen (secondary N) is 1. The van der Waals surface area contributed by atoms with Crippen molar-refractivity contribution in [1.82, 2.24) is 9.97 Å². The molecule has 0 aliphatic heterocycles. The van der Waals surface area contributed by atoms with E-state index in [2.05, 4.69) is 29.1 Å². The van der Waals surface area contributed by atoms with Crippen LogP contribution in [0.1, 0.15) is 45.2 Å². The number of hydrogen-bond acceptors (Lipinski definition) is 3. The first-order chi connectivity index (χ1) is 7.77. The molecular formula is C13H23N3. The number of nitrogens with zero attached hydrogens (tertiary/aromatic N) is 2. The summed E-state index contributed by atoms with van der Waals surface area (Å²) in [4.78, 5) is 8.51. The van der Waals surface area contributed by atoms with Gasteiger partial charge in [0.05, 0.1) is 5.69 Å². The standard InChI is InChI=1S/C13H23N3/c1-4-6-7-12(5-2)10-16-13-11(3)14-8-9-15-13/h8-9,12H,4-7,10H2,1-3H3,(H,15,16). The molecular weight excluding hydrogens is 198 g/mol. The van der Waals surface area contributed by atoms with Gasteiger partial charge in [-0.05, 0) is 19.3 Å². The summed E-state index contributed by atoms with van der Waals surface area (Å²) in [5, 5.41) is 3.40. The Balaban J connectivity index is 2.40. The molecule has 0 spiro atoms. The lowest BCUT2D eigenvalue weighted by atomic mass is 9.99. The van der Waals surface area contributed by atoms with Crippen LogP contribution < -0.4 is 5.32 Å². The Labute approximate surface area is 98.7 Å². The minimum absolute atomic E-state index is 0.751. The lowest BCUT2D eigenvalue weighted by molar-refractivity contribution is 0.472. The monoisotopic (exact) mass is 221 g/mol. The second-order valence-corrected chi connectivity index (χ2v) is 4.29. The van der Waals surface area contributed by atoms with Crippen molar-refractivity contribution in [2.45, 2.75) is 46.5 Å². The first-order valence-corrected chi connectivity index (χ1v) is 6.29. The third kappa shape index (κ3) is 4.17. The van der Waals surface area contributed by atoms with E-state index in [0.29, 0.717) is 0 Å². The molecule has 1 aromatic rings. The highest BCUT2D eigenvalue weighted by Gasteiger charge is 2.06. The SMILES string of the molecule is CCCCC(CC)CNc1nccnc1C. The first kappa shape index (κ1) is 12.9. The number of hydrogen-bond donors (Lipinski definition) is 1. The summed E-state index contributed by atoms with van der Waals surface area (Å²) in [6.45, 7) is 7.50. The molecule has 0 radical (unpaired) electrons. The van der Waals surface area contributed by atoms with Gasteiger partial charge in [0.1, 0.15) is 5.82 Å². The van der Waals surface area contributed by atoms with Crippen LogP contribution in [0.3, 0.4) is 0 Å². The molecule has 0 fully saturated rings. The predicted octanol–water partition coefficient (Wildman–Crippen LogP) is 3.41. The Kier molecular flexibility index (Phi) is 5.83. The highest BCUT2D eigenvalue weighted by molar-refractivity contribution is 5.38. The molecule has 0 aromatic carbocycles. The molecule has 0 saturated heterocycles. The zero-order valence-electron chi connectivity index (χ0n) is 10.7. The zero-order chi connectivity index (χ0) is 11.8. The van der Waals surface area contributed by atoms with Crippen LogP contribution in [-0.2, 0) is 0 Å². The minimum atomic E-state index is 0.751. The van der Waals surface area contributed by atoms with Gasteiger partial charge in [-0.25, -0.2) is 4.98 Å². The fourth-order valence-electron chi connectivity index (χ4n) is 1.77. The van der Waals surface area contributed by atoms with Crippen LogP contribution in [-0.4, -0.2) is 16.5 Å². The average Bonchev–Trinajstić information content (AvgIpc) is 2.31. The molecule has 0 bridgehead atoms. The summed E-state index contributed by atoms with van der Waals surface area (Å²) in [7, 11) is 0. The fraction of sp³-hybridized carbons (Fsp3) is 0.692. The van der Waals surface area contributed by atoms with E-state index in [9.17, 15) is 0 Å². The van der Waals surface area contributed by atoms with Gasteiger partial charge in [0.2, 0.25) is 0 Å². The van der Waals surface area contributed by atoms with Crippen molar-refractivity contribution in [3.63, 3.8) is 0 Å². The van der Waals surface area contributed by atoms with Crippen molar-refractivity contribution in [3.8, 4) is 0 Å². The molecule has 16 heavy (non-hydrogen) atoms. The smallest absolute Gasteiger partial charge is 0.147 e. The topological polar surface area (TPSA) is 37.8 Å². The maximum absolute atomic E-state index is 4.29. The molecule has 3 nitrogen and oxygen atoms in total. The van der Waals surface area contributed by atoms with E-state index in [-0.39, 0.29) is 0 Å². The second-order valence-electron chi connectivity index (χ2n) is 4.29. The van der Waals surface area contributed by atoms with Gasteiger partial charge in [-0.15, -0.1) is 0 Å². The molecule has 0 amide bonds. The molecule has 0 aliphatic carbocycles. The lowest BCUT2D eigenvalue weighted by Crippen LogP contribution is -2.15. The summed E-state index contributed by atoms with van der Waals surface area (Å²) >= 11 is 0. The third-order valence-electron chi connectivity index (χ3n) is 2.98. The van der Waals surface area contributed by atoms with E-state index >= 15 is 0 Å². The largest absolute Gasteiger partial charge is 0.368 e. The van der Waals surface area contributed by atoms with Crippen molar-refractivity contribution in [2.75, 3.05) is 11.9 Å². The maximum Gasteiger partial charge on any atom is 0.147 e. The summed E-state index contributed by atoms with van der Waals surface area (Å²) in [6.07, 6.45) is 8.60. The maximum atomic E-state index is 4.29. The molecule has 0 saturated carbocycles. The molecule has 1 N–H and O–H groups in total. The van der Waals surface area contributed by atoms with Gasteiger partial charge in [0.15, 0.2) is 0 Å². The first-order valence-electron chi connectivity index (χ1n) is 6.29. The molecule has 1 unspecified atom stereocenters. The van der Waals surface area contributed by atoms with E-state index in [1.165, 1.54) is 25.7 Å². The van der Waals surface area contributed by atoms with E-state index in [1.807, 2.05) is 6.92 Å². The van der Waals surface area contributed by atoms with Gasteiger partial charge in [0.25, 0.3) is 0 Å². The van der Waals surface area contributed by atoms with Gasteiger partial charge in [-0.1, -0.05) is 33.1 Å². The molecule has 3 heteroatoms. The Bertz CT molecular complexity index is 299. The number of anilines is 1.